The molecule has 1 heterocycles. The smallest absolute Gasteiger partial charge is 0.223 e. The van der Waals surface area contributed by atoms with E-state index in [0.717, 1.165) is 25.8 Å². The van der Waals surface area contributed by atoms with Gasteiger partial charge >= 0.3 is 0 Å². The molecule has 3 atom stereocenters. The van der Waals surface area contributed by atoms with Gasteiger partial charge in [-0.3, -0.25) is 4.79 Å². The van der Waals surface area contributed by atoms with E-state index in [9.17, 15) is 4.79 Å². The molecule has 0 saturated carbocycles. The van der Waals surface area contributed by atoms with Crippen LogP contribution in [0.5, 0.6) is 0 Å². The third kappa shape index (κ3) is 4.22. The standard InChI is InChI=1S/C17H33NO/c1-8-9-12-10-13(16(2,3)4)14(17(5,6)7)11-18-15(12)19/h12-14H,8-11H2,1-7H3,(H,18,19). The molecule has 2 nitrogen and oxygen atoms in total. The molecule has 0 aromatic rings. The van der Waals surface area contributed by atoms with E-state index in [1.807, 2.05) is 0 Å². The second-order valence-electron chi connectivity index (χ2n) is 8.41. The van der Waals surface area contributed by atoms with Gasteiger partial charge in [-0.15, -0.1) is 0 Å². The van der Waals surface area contributed by atoms with Crippen LogP contribution in [0, 0.1) is 28.6 Å². The van der Waals surface area contributed by atoms with Gasteiger partial charge in [0.25, 0.3) is 0 Å². The normalized spacial score (nSPS) is 29.8. The van der Waals surface area contributed by atoms with Crippen LogP contribution in [-0.2, 0) is 4.79 Å². The Labute approximate surface area is 119 Å². The molecule has 19 heavy (non-hydrogen) atoms. The molecule has 1 amide bonds. The zero-order chi connectivity index (χ0) is 14.8. The van der Waals surface area contributed by atoms with Gasteiger partial charge in [0.15, 0.2) is 0 Å². The maximum atomic E-state index is 12.2. The lowest BCUT2D eigenvalue weighted by molar-refractivity contribution is -0.125. The summed E-state index contributed by atoms with van der Waals surface area (Å²) < 4.78 is 0. The molecule has 112 valence electrons. The first-order chi connectivity index (χ1) is 8.57. The first kappa shape index (κ1) is 16.5. The summed E-state index contributed by atoms with van der Waals surface area (Å²) in [4.78, 5) is 12.2. The topological polar surface area (TPSA) is 29.1 Å². The van der Waals surface area contributed by atoms with Crippen LogP contribution < -0.4 is 5.32 Å². The maximum absolute atomic E-state index is 12.2. The van der Waals surface area contributed by atoms with Crippen molar-refractivity contribution in [3.05, 3.63) is 0 Å². The predicted octanol–water partition coefficient (Wildman–Crippen LogP) is 4.25. The van der Waals surface area contributed by atoms with Gasteiger partial charge in [-0.25, -0.2) is 0 Å². The summed E-state index contributed by atoms with van der Waals surface area (Å²) >= 11 is 0. The van der Waals surface area contributed by atoms with Crippen LogP contribution >= 0.6 is 0 Å². The van der Waals surface area contributed by atoms with Crippen LogP contribution in [0.3, 0.4) is 0 Å². The molecule has 2 heteroatoms. The third-order valence-electron chi connectivity index (χ3n) is 4.75. The van der Waals surface area contributed by atoms with Gasteiger partial charge in [0.05, 0.1) is 0 Å². The quantitative estimate of drug-likeness (QED) is 0.796. The van der Waals surface area contributed by atoms with Crippen molar-refractivity contribution < 1.29 is 4.79 Å². The van der Waals surface area contributed by atoms with Crippen molar-refractivity contribution in [1.29, 1.82) is 0 Å². The average Bonchev–Trinajstić information content (AvgIpc) is 2.38. The number of nitrogens with one attached hydrogen (secondary N) is 1. The molecule has 3 unspecified atom stereocenters. The molecule has 1 saturated heterocycles. The van der Waals surface area contributed by atoms with Crippen molar-refractivity contribution >= 4 is 5.91 Å². The summed E-state index contributed by atoms with van der Waals surface area (Å²) in [6, 6.07) is 0. The van der Waals surface area contributed by atoms with E-state index in [-0.39, 0.29) is 22.7 Å². The minimum Gasteiger partial charge on any atom is -0.356 e. The highest BCUT2D eigenvalue weighted by Gasteiger charge is 2.42. The molecule has 1 N–H and O–H groups in total. The largest absolute Gasteiger partial charge is 0.356 e. The summed E-state index contributed by atoms with van der Waals surface area (Å²) in [5, 5.41) is 3.20. The lowest BCUT2D eigenvalue weighted by Crippen LogP contribution is -2.40. The highest BCUT2D eigenvalue weighted by molar-refractivity contribution is 5.78. The molecule has 0 spiro atoms. The molecule has 0 aromatic carbocycles. The fourth-order valence-electron chi connectivity index (χ4n) is 3.54. The molecule has 1 rings (SSSR count). The average molecular weight is 267 g/mol. The minimum atomic E-state index is 0.210. The van der Waals surface area contributed by atoms with Crippen molar-refractivity contribution in [3.8, 4) is 0 Å². The van der Waals surface area contributed by atoms with Crippen LogP contribution in [0.4, 0.5) is 0 Å². The van der Waals surface area contributed by atoms with Crippen molar-refractivity contribution in [3.63, 3.8) is 0 Å². The Kier molecular flexibility index (Phi) is 5.08. The SMILES string of the molecule is CCCC1CC(C(C)(C)C)C(C(C)(C)C)CNC1=O. The zero-order valence-electron chi connectivity index (χ0n) is 14.0. The van der Waals surface area contributed by atoms with Crippen LogP contribution in [0.25, 0.3) is 0 Å². The number of amides is 1. The second-order valence-corrected chi connectivity index (χ2v) is 8.41. The molecular formula is C17H33NO. The molecule has 0 aliphatic carbocycles. The van der Waals surface area contributed by atoms with E-state index < -0.39 is 0 Å². The summed E-state index contributed by atoms with van der Waals surface area (Å²) in [5.41, 5.74) is 0.503. The first-order valence-electron chi connectivity index (χ1n) is 7.85. The van der Waals surface area contributed by atoms with Crippen molar-refractivity contribution in [2.24, 2.45) is 28.6 Å². The zero-order valence-corrected chi connectivity index (χ0v) is 14.0. The number of rotatable bonds is 2. The van der Waals surface area contributed by atoms with E-state index in [4.69, 9.17) is 0 Å². The van der Waals surface area contributed by atoms with Crippen LogP contribution in [0.2, 0.25) is 0 Å². The van der Waals surface area contributed by atoms with Crippen LogP contribution in [0.1, 0.15) is 67.7 Å². The fraction of sp³-hybridized carbons (Fsp3) is 0.941. The van der Waals surface area contributed by atoms with E-state index in [1.165, 1.54) is 0 Å². The first-order valence-corrected chi connectivity index (χ1v) is 7.85. The van der Waals surface area contributed by atoms with Gasteiger partial charge < -0.3 is 5.32 Å². The molecule has 1 aliphatic rings. The second kappa shape index (κ2) is 5.85. The van der Waals surface area contributed by atoms with Gasteiger partial charge in [-0.1, -0.05) is 54.9 Å². The molecule has 1 aliphatic heterocycles. The van der Waals surface area contributed by atoms with Crippen LogP contribution in [-0.4, -0.2) is 12.5 Å². The highest BCUT2D eigenvalue weighted by atomic mass is 16.1. The Morgan fingerprint density at radius 1 is 1.05 bits per heavy atom. The van der Waals surface area contributed by atoms with E-state index in [0.29, 0.717) is 11.8 Å². The molecule has 0 radical (unpaired) electrons. The van der Waals surface area contributed by atoms with E-state index in [1.54, 1.807) is 0 Å². The number of carbonyl (C=O) groups is 1. The molecule has 0 bridgehead atoms. The number of hydrogen-bond donors (Lipinski definition) is 1. The van der Waals surface area contributed by atoms with Gasteiger partial charge in [0.2, 0.25) is 5.91 Å². The van der Waals surface area contributed by atoms with E-state index in [2.05, 4.69) is 53.8 Å². The lowest BCUT2D eigenvalue weighted by atomic mass is 9.62. The Hall–Kier alpha value is -0.530. The Morgan fingerprint density at radius 2 is 1.58 bits per heavy atom. The number of hydrogen-bond acceptors (Lipinski definition) is 1. The monoisotopic (exact) mass is 267 g/mol. The van der Waals surface area contributed by atoms with Gasteiger partial charge in [0.1, 0.15) is 0 Å². The van der Waals surface area contributed by atoms with Crippen molar-refractivity contribution in [2.75, 3.05) is 6.54 Å². The van der Waals surface area contributed by atoms with Gasteiger partial charge in [-0.2, -0.15) is 0 Å². The van der Waals surface area contributed by atoms with Crippen LogP contribution in [0.15, 0.2) is 0 Å². The summed E-state index contributed by atoms with van der Waals surface area (Å²) in [6.07, 6.45) is 3.16. The van der Waals surface area contributed by atoms with E-state index >= 15 is 0 Å². The third-order valence-corrected chi connectivity index (χ3v) is 4.75. The predicted molar refractivity (Wildman–Crippen MR) is 81.9 cm³/mol. The van der Waals surface area contributed by atoms with Crippen molar-refractivity contribution in [2.45, 2.75) is 67.7 Å². The fourth-order valence-corrected chi connectivity index (χ4v) is 3.54. The minimum absolute atomic E-state index is 0.210. The van der Waals surface area contributed by atoms with Gasteiger partial charge in [-0.05, 0) is 35.5 Å². The van der Waals surface area contributed by atoms with Gasteiger partial charge in [0, 0.05) is 12.5 Å². The molecule has 0 aromatic heterocycles. The highest BCUT2D eigenvalue weighted by Crippen LogP contribution is 2.45. The lowest BCUT2D eigenvalue weighted by Gasteiger charge is -2.43. The Bertz CT molecular complexity index is 308. The Balaban J connectivity index is 3.04. The number of carbonyl (C=O) groups excluding carboxylic acids is 1. The summed E-state index contributed by atoms with van der Waals surface area (Å²) in [5.74, 6) is 1.64. The maximum Gasteiger partial charge on any atom is 0.223 e. The summed E-state index contributed by atoms with van der Waals surface area (Å²) in [7, 11) is 0. The Morgan fingerprint density at radius 3 is 2.00 bits per heavy atom. The summed E-state index contributed by atoms with van der Waals surface area (Å²) in [6.45, 7) is 16.9. The van der Waals surface area contributed by atoms with Crippen molar-refractivity contribution in [1.82, 2.24) is 5.32 Å². The molecular weight excluding hydrogens is 234 g/mol. The molecule has 1 fully saturated rings.